The van der Waals surface area contributed by atoms with Crippen LogP contribution in [0.2, 0.25) is 0 Å². The molecule has 1 N–H and O–H groups in total. The van der Waals surface area contributed by atoms with Crippen LogP contribution in [0.25, 0.3) is 0 Å². The smallest absolute Gasteiger partial charge is 0.146 e. The number of likely N-dealkylation sites (N-methyl/N-ethyl adjacent to an activating group) is 1. The molecular weight excluding hydrogens is 250 g/mol. The fourth-order valence-corrected chi connectivity index (χ4v) is 2.63. The van der Waals surface area contributed by atoms with Crippen LogP contribution in [0.4, 0.5) is 5.69 Å². The van der Waals surface area contributed by atoms with E-state index in [1.54, 1.807) is 12.1 Å². The largest absolute Gasteiger partial charge is 0.508 e. The first-order chi connectivity index (χ1) is 9.61. The van der Waals surface area contributed by atoms with Gasteiger partial charge < -0.3 is 14.7 Å². The summed E-state index contributed by atoms with van der Waals surface area (Å²) in [6, 6.07) is 13.8. The molecule has 0 saturated carbocycles. The zero-order valence-electron chi connectivity index (χ0n) is 11.8. The highest BCUT2D eigenvalue weighted by atomic mass is 16.5. The summed E-state index contributed by atoms with van der Waals surface area (Å²) in [7, 11) is 2.06. The average molecular weight is 269 g/mol. The molecule has 0 fully saturated rings. The van der Waals surface area contributed by atoms with Gasteiger partial charge in [0.05, 0.1) is 12.2 Å². The minimum Gasteiger partial charge on any atom is -0.508 e. The van der Waals surface area contributed by atoms with Gasteiger partial charge in [-0.15, -0.1) is 0 Å². The molecular formula is C17H19NO2. The number of hydrogen-bond donors (Lipinski definition) is 1. The normalized spacial score (nSPS) is 17.5. The lowest BCUT2D eigenvalue weighted by molar-refractivity contribution is 0.195. The van der Waals surface area contributed by atoms with E-state index in [4.69, 9.17) is 4.74 Å². The number of rotatable bonds is 2. The summed E-state index contributed by atoms with van der Waals surface area (Å²) < 4.78 is 6.02. The molecule has 3 rings (SSSR count). The minimum absolute atomic E-state index is 0.108. The number of aromatic hydroxyl groups is 1. The Hall–Kier alpha value is -2.16. The topological polar surface area (TPSA) is 32.7 Å². The number of aryl methyl sites for hydroxylation is 1. The third kappa shape index (κ3) is 2.57. The third-order valence-corrected chi connectivity index (χ3v) is 3.71. The van der Waals surface area contributed by atoms with Gasteiger partial charge in [-0.1, -0.05) is 29.8 Å². The first-order valence-electron chi connectivity index (χ1n) is 6.88. The van der Waals surface area contributed by atoms with Crippen LogP contribution in [0.3, 0.4) is 0 Å². The number of hydrogen-bond acceptors (Lipinski definition) is 3. The van der Waals surface area contributed by atoms with Gasteiger partial charge >= 0.3 is 0 Å². The van der Waals surface area contributed by atoms with Gasteiger partial charge in [0, 0.05) is 19.5 Å². The molecule has 2 aromatic rings. The Morgan fingerprint density at radius 2 is 1.95 bits per heavy atom. The Balaban J connectivity index is 1.78. The maximum absolute atomic E-state index is 9.58. The Morgan fingerprint density at radius 1 is 1.20 bits per heavy atom. The summed E-state index contributed by atoms with van der Waals surface area (Å²) in [6.45, 7) is 2.94. The molecule has 3 nitrogen and oxygen atoms in total. The van der Waals surface area contributed by atoms with Gasteiger partial charge in [-0.25, -0.2) is 0 Å². The molecule has 3 heteroatoms. The number of anilines is 1. The van der Waals surface area contributed by atoms with E-state index in [9.17, 15) is 5.11 Å². The molecule has 0 spiro atoms. The minimum atomic E-state index is 0.108. The van der Waals surface area contributed by atoms with Crippen molar-refractivity contribution >= 4 is 5.69 Å². The van der Waals surface area contributed by atoms with Crippen molar-refractivity contribution in [3.05, 3.63) is 53.6 Å². The molecule has 1 unspecified atom stereocenters. The Morgan fingerprint density at radius 3 is 2.70 bits per heavy atom. The van der Waals surface area contributed by atoms with Crippen molar-refractivity contribution in [1.82, 2.24) is 0 Å². The maximum Gasteiger partial charge on any atom is 0.146 e. The van der Waals surface area contributed by atoms with Crippen LogP contribution in [0, 0.1) is 6.92 Å². The highest BCUT2D eigenvalue weighted by Crippen LogP contribution is 2.35. The summed E-state index contributed by atoms with van der Waals surface area (Å²) >= 11 is 0. The van der Waals surface area contributed by atoms with Crippen LogP contribution in [-0.2, 0) is 6.42 Å². The fraction of sp³-hybridized carbons (Fsp3) is 0.294. The standard InChI is InChI=1S/C17H19NO2/c1-12-3-5-13(6-4-12)9-15-11-18(2)16-8-7-14(19)10-17(16)20-15/h3-8,10,15,19H,9,11H2,1-2H3. The summed E-state index contributed by atoms with van der Waals surface area (Å²) in [5, 5.41) is 9.58. The van der Waals surface area contributed by atoms with Crippen LogP contribution in [0.15, 0.2) is 42.5 Å². The predicted octanol–water partition coefficient (Wildman–Crippen LogP) is 3.14. The molecule has 0 aliphatic carbocycles. The van der Waals surface area contributed by atoms with E-state index in [-0.39, 0.29) is 11.9 Å². The number of phenols is 1. The SMILES string of the molecule is Cc1ccc(CC2CN(C)c3ccc(O)cc3O2)cc1. The lowest BCUT2D eigenvalue weighted by atomic mass is 10.0. The molecule has 0 bridgehead atoms. The summed E-state index contributed by atoms with van der Waals surface area (Å²) in [5.41, 5.74) is 3.58. The van der Waals surface area contributed by atoms with Crippen molar-refractivity contribution in [2.75, 3.05) is 18.5 Å². The highest BCUT2D eigenvalue weighted by Gasteiger charge is 2.23. The number of nitrogens with zero attached hydrogens (tertiary/aromatic N) is 1. The fourth-order valence-electron chi connectivity index (χ4n) is 2.63. The Labute approximate surface area is 119 Å². The molecule has 0 saturated heterocycles. The van der Waals surface area contributed by atoms with Crippen LogP contribution < -0.4 is 9.64 Å². The number of phenolic OH excluding ortho intramolecular Hbond substituents is 1. The zero-order valence-corrected chi connectivity index (χ0v) is 11.8. The van der Waals surface area contributed by atoms with Crippen LogP contribution >= 0.6 is 0 Å². The van der Waals surface area contributed by atoms with Gasteiger partial charge in [-0.2, -0.15) is 0 Å². The van der Waals surface area contributed by atoms with E-state index in [1.165, 1.54) is 11.1 Å². The van der Waals surface area contributed by atoms with Crippen molar-refractivity contribution in [2.24, 2.45) is 0 Å². The first kappa shape index (κ1) is 12.9. The van der Waals surface area contributed by atoms with Gasteiger partial charge in [-0.05, 0) is 24.6 Å². The zero-order chi connectivity index (χ0) is 14.1. The first-order valence-corrected chi connectivity index (χ1v) is 6.88. The van der Waals surface area contributed by atoms with Crippen molar-refractivity contribution in [1.29, 1.82) is 0 Å². The lowest BCUT2D eigenvalue weighted by Gasteiger charge is -2.34. The summed E-state index contributed by atoms with van der Waals surface area (Å²) in [6.07, 6.45) is 0.983. The predicted molar refractivity (Wildman–Crippen MR) is 80.7 cm³/mol. The molecule has 1 atom stereocenters. The van der Waals surface area contributed by atoms with E-state index in [2.05, 4.69) is 43.1 Å². The third-order valence-electron chi connectivity index (χ3n) is 3.71. The maximum atomic E-state index is 9.58. The Kier molecular flexibility index (Phi) is 3.26. The van der Waals surface area contributed by atoms with E-state index in [0.29, 0.717) is 0 Å². The Bertz CT molecular complexity index is 607. The van der Waals surface area contributed by atoms with Crippen LogP contribution in [0.1, 0.15) is 11.1 Å². The molecule has 0 radical (unpaired) electrons. The highest BCUT2D eigenvalue weighted by molar-refractivity contribution is 5.62. The van der Waals surface area contributed by atoms with Crippen LogP contribution in [-0.4, -0.2) is 24.8 Å². The summed E-state index contributed by atoms with van der Waals surface area (Å²) in [4.78, 5) is 2.18. The number of fused-ring (bicyclic) bond motifs is 1. The monoisotopic (exact) mass is 269 g/mol. The summed E-state index contributed by atoms with van der Waals surface area (Å²) in [5.74, 6) is 1.00. The van der Waals surface area contributed by atoms with Gasteiger partial charge in [0.1, 0.15) is 17.6 Å². The van der Waals surface area contributed by atoms with E-state index < -0.39 is 0 Å². The van der Waals surface area contributed by atoms with Gasteiger partial charge in [0.15, 0.2) is 0 Å². The van der Waals surface area contributed by atoms with Crippen molar-refractivity contribution in [3.8, 4) is 11.5 Å². The molecule has 0 amide bonds. The number of ether oxygens (including phenoxy) is 1. The second-order valence-corrected chi connectivity index (χ2v) is 5.46. The van der Waals surface area contributed by atoms with Crippen molar-refractivity contribution in [2.45, 2.75) is 19.4 Å². The van der Waals surface area contributed by atoms with Crippen LogP contribution in [0.5, 0.6) is 11.5 Å². The van der Waals surface area contributed by atoms with Crippen molar-refractivity contribution in [3.63, 3.8) is 0 Å². The number of benzene rings is 2. The van der Waals surface area contributed by atoms with E-state index in [0.717, 1.165) is 24.4 Å². The van der Waals surface area contributed by atoms with Gasteiger partial charge in [0.2, 0.25) is 0 Å². The van der Waals surface area contributed by atoms with E-state index >= 15 is 0 Å². The van der Waals surface area contributed by atoms with Gasteiger partial charge in [0.25, 0.3) is 0 Å². The molecule has 1 aliphatic rings. The molecule has 104 valence electrons. The average Bonchev–Trinajstić information content (AvgIpc) is 2.41. The van der Waals surface area contributed by atoms with E-state index in [1.807, 2.05) is 6.07 Å². The molecule has 1 aliphatic heterocycles. The second kappa shape index (κ2) is 5.08. The quantitative estimate of drug-likeness (QED) is 0.909. The lowest BCUT2D eigenvalue weighted by Crippen LogP contribution is -2.38. The second-order valence-electron chi connectivity index (χ2n) is 5.46. The molecule has 2 aromatic carbocycles. The molecule has 20 heavy (non-hydrogen) atoms. The molecule has 0 aromatic heterocycles. The van der Waals surface area contributed by atoms with Crippen molar-refractivity contribution < 1.29 is 9.84 Å². The van der Waals surface area contributed by atoms with Gasteiger partial charge in [-0.3, -0.25) is 0 Å². The molecule has 1 heterocycles.